The van der Waals surface area contributed by atoms with Gasteiger partial charge >= 0.3 is 0 Å². The van der Waals surface area contributed by atoms with Gasteiger partial charge in [0.2, 0.25) is 0 Å². The van der Waals surface area contributed by atoms with E-state index < -0.39 is 0 Å². The monoisotopic (exact) mass is 469 g/mol. The Hall–Kier alpha value is -4.90. The Morgan fingerprint density at radius 3 is 2.08 bits per heavy atom. The highest BCUT2D eigenvalue weighted by atomic mass is 16.5. The van der Waals surface area contributed by atoms with Crippen LogP contribution in [0.3, 0.4) is 0 Å². The molecule has 2 aromatic heterocycles. The molecule has 0 atom stereocenters. The third kappa shape index (κ3) is 4.55. The van der Waals surface area contributed by atoms with Crippen LogP contribution >= 0.6 is 0 Å². The van der Waals surface area contributed by atoms with Crippen molar-refractivity contribution in [2.45, 2.75) is 6.61 Å². The summed E-state index contributed by atoms with van der Waals surface area (Å²) < 4.78 is 13.6. The van der Waals surface area contributed by atoms with Crippen molar-refractivity contribution in [3.8, 4) is 45.3 Å². The van der Waals surface area contributed by atoms with Crippen molar-refractivity contribution in [3.05, 3.63) is 133 Å². The van der Waals surface area contributed by atoms with Crippen LogP contribution < -0.4 is 4.74 Å². The summed E-state index contributed by atoms with van der Waals surface area (Å²) in [5.74, 6) is 1.47. The van der Waals surface area contributed by atoms with E-state index in [1.54, 1.807) is 0 Å². The quantitative estimate of drug-likeness (QED) is 0.244. The van der Waals surface area contributed by atoms with E-state index in [0.717, 1.165) is 45.1 Å². The molecule has 0 aliphatic carbocycles. The van der Waals surface area contributed by atoms with Crippen molar-refractivity contribution in [3.63, 3.8) is 0 Å². The topological polar surface area (TPSA) is 53.1 Å². The number of para-hydroxylation sites is 1. The number of hydrogen-bond acceptors (Lipinski definition) is 4. The molecule has 0 saturated heterocycles. The molecule has 5 heteroatoms. The summed E-state index contributed by atoms with van der Waals surface area (Å²) >= 11 is 0. The van der Waals surface area contributed by atoms with Crippen LogP contribution in [-0.2, 0) is 6.61 Å². The van der Waals surface area contributed by atoms with E-state index >= 15 is 0 Å². The third-order valence-corrected chi connectivity index (χ3v) is 5.96. The Bertz CT molecular complexity index is 1560. The van der Waals surface area contributed by atoms with Gasteiger partial charge in [-0.05, 0) is 42.0 Å². The number of aromatic nitrogens is 3. The minimum absolute atomic E-state index is 0.522. The summed E-state index contributed by atoms with van der Waals surface area (Å²) in [6.07, 6.45) is 1.99. The summed E-state index contributed by atoms with van der Waals surface area (Å²) in [5.41, 5.74) is 6.53. The largest absolute Gasteiger partial charge is 0.489 e. The summed E-state index contributed by atoms with van der Waals surface area (Å²) in [6, 6.07) is 40.1. The lowest BCUT2D eigenvalue weighted by atomic mass is 10.1. The summed E-state index contributed by atoms with van der Waals surface area (Å²) in [7, 11) is 0. The molecule has 0 aliphatic rings. The predicted octanol–water partition coefficient (Wildman–Crippen LogP) is 7.44. The highest BCUT2D eigenvalue weighted by molar-refractivity contribution is 5.80. The normalized spacial score (nSPS) is 10.9. The minimum Gasteiger partial charge on any atom is -0.489 e. The Balaban J connectivity index is 1.34. The van der Waals surface area contributed by atoms with Gasteiger partial charge < -0.3 is 9.26 Å². The number of rotatable bonds is 7. The molecule has 4 aromatic carbocycles. The first-order valence-corrected chi connectivity index (χ1v) is 11.8. The zero-order valence-corrected chi connectivity index (χ0v) is 19.5. The molecule has 2 heterocycles. The number of hydrogen-bond donors (Lipinski definition) is 0. The summed E-state index contributed by atoms with van der Waals surface area (Å²) in [4.78, 5) is 0. The number of nitrogens with zero attached hydrogens (tertiary/aromatic N) is 3. The minimum atomic E-state index is 0.522. The molecule has 0 bridgehead atoms. The fraction of sp³-hybridized carbons (Fsp3) is 0.0323. The van der Waals surface area contributed by atoms with Gasteiger partial charge in [-0.3, -0.25) is 0 Å². The van der Waals surface area contributed by atoms with E-state index in [2.05, 4.69) is 17.3 Å². The van der Waals surface area contributed by atoms with Gasteiger partial charge in [0.25, 0.3) is 0 Å². The van der Waals surface area contributed by atoms with Gasteiger partial charge in [-0.25, -0.2) is 4.68 Å². The summed E-state index contributed by atoms with van der Waals surface area (Å²) in [6.45, 7) is 0.522. The standard InChI is InChI=1S/C31H23N3O2/c1-4-10-23(11-5-1)22-35-27-18-16-25(17-19-27)31-28(21-34(32-31)26-14-8-3-9-15-26)30-20-29(33-36-30)24-12-6-2-7-13-24/h1-21H,22H2. The molecule has 5 nitrogen and oxygen atoms in total. The van der Waals surface area contributed by atoms with Gasteiger partial charge in [0.1, 0.15) is 23.7 Å². The average molecular weight is 470 g/mol. The van der Waals surface area contributed by atoms with Crippen LogP contribution in [0.1, 0.15) is 5.56 Å². The lowest BCUT2D eigenvalue weighted by Gasteiger charge is -2.07. The highest BCUT2D eigenvalue weighted by Crippen LogP contribution is 2.35. The first-order valence-electron chi connectivity index (χ1n) is 11.8. The van der Waals surface area contributed by atoms with Crippen LogP contribution in [0.4, 0.5) is 0 Å². The number of ether oxygens (including phenoxy) is 1. The maximum absolute atomic E-state index is 5.97. The number of benzene rings is 4. The Morgan fingerprint density at radius 1 is 0.694 bits per heavy atom. The van der Waals surface area contributed by atoms with Crippen molar-refractivity contribution in [1.82, 2.24) is 14.9 Å². The fourth-order valence-electron chi connectivity index (χ4n) is 4.08. The molecule has 0 fully saturated rings. The maximum atomic E-state index is 5.97. The molecular formula is C31H23N3O2. The van der Waals surface area contributed by atoms with E-state index in [0.29, 0.717) is 12.4 Å². The molecule has 6 rings (SSSR count). The van der Waals surface area contributed by atoms with Gasteiger partial charge in [0.05, 0.1) is 11.3 Å². The van der Waals surface area contributed by atoms with Crippen molar-refractivity contribution in [2.75, 3.05) is 0 Å². The lowest BCUT2D eigenvalue weighted by Crippen LogP contribution is -1.95. The van der Waals surface area contributed by atoms with Gasteiger partial charge in [-0.1, -0.05) is 84.0 Å². The maximum Gasteiger partial charge on any atom is 0.171 e. The molecule has 0 spiro atoms. The van der Waals surface area contributed by atoms with Crippen molar-refractivity contribution in [1.29, 1.82) is 0 Å². The highest BCUT2D eigenvalue weighted by Gasteiger charge is 2.19. The molecule has 0 radical (unpaired) electrons. The van der Waals surface area contributed by atoms with Crippen LogP contribution in [0.25, 0.3) is 39.5 Å². The third-order valence-electron chi connectivity index (χ3n) is 5.96. The van der Waals surface area contributed by atoms with E-state index in [9.17, 15) is 0 Å². The SMILES string of the molecule is c1ccc(COc2ccc(-c3nn(-c4ccccc4)cc3-c3cc(-c4ccccc4)no3)cc2)cc1. The van der Waals surface area contributed by atoms with Crippen molar-refractivity contribution >= 4 is 0 Å². The molecule has 174 valence electrons. The van der Waals surface area contributed by atoms with E-state index in [1.165, 1.54) is 0 Å². The van der Waals surface area contributed by atoms with Crippen LogP contribution in [0.5, 0.6) is 5.75 Å². The van der Waals surface area contributed by atoms with E-state index in [1.807, 2.05) is 120 Å². The molecule has 0 N–H and O–H groups in total. The van der Waals surface area contributed by atoms with Crippen LogP contribution in [0.2, 0.25) is 0 Å². The molecule has 0 unspecified atom stereocenters. The van der Waals surface area contributed by atoms with Gasteiger partial charge in [0.15, 0.2) is 5.76 Å². The van der Waals surface area contributed by atoms with Crippen LogP contribution in [0, 0.1) is 0 Å². The van der Waals surface area contributed by atoms with Gasteiger partial charge in [0, 0.05) is 23.4 Å². The van der Waals surface area contributed by atoms with Crippen LogP contribution in [-0.4, -0.2) is 14.9 Å². The van der Waals surface area contributed by atoms with E-state index in [4.69, 9.17) is 14.4 Å². The zero-order valence-electron chi connectivity index (χ0n) is 19.5. The summed E-state index contributed by atoms with van der Waals surface area (Å²) in [5, 5.41) is 9.24. The second-order valence-corrected chi connectivity index (χ2v) is 8.41. The second kappa shape index (κ2) is 9.76. The predicted molar refractivity (Wildman–Crippen MR) is 141 cm³/mol. The molecule has 0 saturated carbocycles. The molecule has 6 aromatic rings. The Labute approximate surface area is 209 Å². The van der Waals surface area contributed by atoms with Gasteiger partial charge in [-0.2, -0.15) is 5.10 Å². The Kier molecular flexibility index (Phi) is 5.86. The van der Waals surface area contributed by atoms with E-state index in [-0.39, 0.29) is 0 Å². The lowest BCUT2D eigenvalue weighted by molar-refractivity contribution is 0.306. The van der Waals surface area contributed by atoms with Crippen molar-refractivity contribution in [2.24, 2.45) is 0 Å². The molecular weight excluding hydrogens is 446 g/mol. The molecule has 0 amide bonds. The molecule has 0 aliphatic heterocycles. The average Bonchev–Trinajstić information content (AvgIpc) is 3.62. The van der Waals surface area contributed by atoms with Crippen molar-refractivity contribution < 1.29 is 9.26 Å². The first-order chi connectivity index (χ1) is 17.8. The zero-order chi connectivity index (χ0) is 24.2. The fourth-order valence-corrected chi connectivity index (χ4v) is 4.08. The second-order valence-electron chi connectivity index (χ2n) is 8.41. The molecule has 36 heavy (non-hydrogen) atoms. The van der Waals surface area contributed by atoms with Crippen LogP contribution in [0.15, 0.2) is 132 Å². The smallest absolute Gasteiger partial charge is 0.171 e. The Morgan fingerprint density at radius 2 is 1.36 bits per heavy atom. The van der Waals surface area contributed by atoms with Gasteiger partial charge in [-0.15, -0.1) is 0 Å². The first kappa shape index (κ1) is 21.6.